The predicted octanol–water partition coefficient (Wildman–Crippen LogP) is 1.86. The molecule has 1 amide bonds. The minimum absolute atomic E-state index is 0.0382. The van der Waals surface area contributed by atoms with E-state index >= 15 is 0 Å². The highest BCUT2D eigenvalue weighted by Crippen LogP contribution is 2.29. The van der Waals surface area contributed by atoms with Gasteiger partial charge in [-0.2, -0.15) is 4.31 Å². The Hall–Kier alpha value is -0.990. The molecule has 21 heavy (non-hydrogen) atoms. The number of halogens is 2. The van der Waals surface area contributed by atoms with Crippen LogP contribution in [0.15, 0.2) is 27.6 Å². The summed E-state index contributed by atoms with van der Waals surface area (Å²) in [5, 5.41) is 0. The van der Waals surface area contributed by atoms with Crippen molar-refractivity contribution in [2.45, 2.75) is 30.7 Å². The second-order valence-corrected chi connectivity index (χ2v) is 7.92. The van der Waals surface area contributed by atoms with Crippen LogP contribution in [0.3, 0.4) is 0 Å². The van der Waals surface area contributed by atoms with Gasteiger partial charge in [0.25, 0.3) is 0 Å². The van der Waals surface area contributed by atoms with Gasteiger partial charge in [0.05, 0.1) is 15.3 Å². The summed E-state index contributed by atoms with van der Waals surface area (Å²) < 4.78 is 40.2. The highest BCUT2D eigenvalue weighted by Gasteiger charge is 2.36. The van der Waals surface area contributed by atoms with Crippen LogP contribution in [-0.2, 0) is 14.8 Å². The van der Waals surface area contributed by atoms with Gasteiger partial charge in [-0.15, -0.1) is 0 Å². The van der Waals surface area contributed by atoms with Crippen molar-refractivity contribution in [2.24, 2.45) is 11.7 Å². The smallest absolute Gasteiger partial charge is 0.243 e. The fourth-order valence-electron chi connectivity index (χ4n) is 2.41. The summed E-state index contributed by atoms with van der Waals surface area (Å²) >= 11 is 2.99. The maximum Gasteiger partial charge on any atom is 0.243 e. The Balaban J connectivity index is 2.36. The van der Waals surface area contributed by atoms with Crippen LogP contribution in [0, 0.1) is 11.7 Å². The van der Waals surface area contributed by atoms with Crippen molar-refractivity contribution in [3.05, 3.63) is 28.5 Å². The lowest BCUT2D eigenvalue weighted by molar-refractivity contribution is -0.123. The highest BCUT2D eigenvalue weighted by molar-refractivity contribution is 9.10. The summed E-state index contributed by atoms with van der Waals surface area (Å²) in [6, 6.07) is 3.41. The molecule has 1 aliphatic rings. The lowest BCUT2D eigenvalue weighted by Crippen LogP contribution is -2.48. The molecule has 8 heteroatoms. The maximum atomic E-state index is 13.6. The number of nitrogens with two attached hydrogens (primary N) is 1. The summed E-state index contributed by atoms with van der Waals surface area (Å²) in [5.74, 6) is -1.66. The first-order chi connectivity index (χ1) is 9.73. The molecule has 1 saturated heterocycles. The average Bonchev–Trinajstić information content (AvgIpc) is 2.41. The topological polar surface area (TPSA) is 80.5 Å². The summed E-state index contributed by atoms with van der Waals surface area (Å²) in [6.45, 7) is 1.81. The zero-order valence-electron chi connectivity index (χ0n) is 11.4. The van der Waals surface area contributed by atoms with Crippen molar-refractivity contribution < 1.29 is 17.6 Å². The Morgan fingerprint density at radius 3 is 2.67 bits per heavy atom. The number of sulfonamides is 1. The third-order valence-corrected chi connectivity index (χ3v) is 6.34. The molecule has 0 aliphatic carbocycles. The predicted molar refractivity (Wildman–Crippen MR) is 79.4 cm³/mol. The van der Waals surface area contributed by atoms with Gasteiger partial charge in [-0.1, -0.05) is 0 Å². The van der Waals surface area contributed by atoms with E-state index in [-0.39, 0.29) is 22.0 Å². The molecule has 0 spiro atoms. The lowest BCUT2D eigenvalue weighted by atomic mass is 9.95. The second-order valence-electron chi connectivity index (χ2n) is 5.18. The highest BCUT2D eigenvalue weighted by atomic mass is 79.9. The van der Waals surface area contributed by atoms with Gasteiger partial charge < -0.3 is 5.73 Å². The Bertz CT molecular complexity index is 665. The number of hydrogen-bond donors (Lipinski definition) is 1. The van der Waals surface area contributed by atoms with Crippen LogP contribution in [-0.4, -0.2) is 31.2 Å². The summed E-state index contributed by atoms with van der Waals surface area (Å²) in [5.41, 5.74) is 5.27. The molecule has 1 aliphatic heterocycles. The van der Waals surface area contributed by atoms with Crippen molar-refractivity contribution >= 4 is 31.9 Å². The van der Waals surface area contributed by atoms with E-state index in [1.54, 1.807) is 6.92 Å². The molecule has 116 valence electrons. The third kappa shape index (κ3) is 3.27. The number of hydrogen-bond acceptors (Lipinski definition) is 3. The molecule has 1 aromatic rings. The van der Waals surface area contributed by atoms with Gasteiger partial charge in [0.2, 0.25) is 15.9 Å². The van der Waals surface area contributed by atoms with E-state index in [0.717, 1.165) is 6.07 Å². The number of nitrogens with zero attached hydrogens (tertiary/aromatic N) is 1. The molecule has 1 heterocycles. The van der Waals surface area contributed by atoms with Crippen molar-refractivity contribution in [1.82, 2.24) is 4.31 Å². The van der Waals surface area contributed by atoms with Gasteiger partial charge in [-0.3, -0.25) is 4.79 Å². The number of carbonyl (C=O) groups excluding carboxylic acids is 1. The minimum Gasteiger partial charge on any atom is -0.369 e. The van der Waals surface area contributed by atoms with Crippen LogP contribution in [0.25, 0.3) is 0 Å². The molecule has 5 nitrogen and oxygen atoms in total. The molecule has 0 bridgehead atoms. The third-order valence-electron chi connectivity index (χ3n) is 3.72. The fourth-order valence-corrected chi connectivity index (χ4v) is 4.38. The zero-order valence-corrected chi connectivity index (χ0v) is 13.8. The molecular weight excluding hydrogens is 363 g/mol. The molecular formula is C13H16BrFN2O3S. The quantitative estimate of drug-likeness (QED) is 0.871. The first-order valence-electron chi connectivity index (χ1n) is 6.49. The van der Waals surface area contributed by atoms with E-state index in [9.17, 15) is 17.6 Å². The van der Waals surface area contributed by atoms with Crippen LogP contribution in [0.5, 0.6) is 0 Å². The molecule has 0 saturated carbocycles. The largest absolute Gasteiger partial charge is 0.369 e. The van der Waals surface area contributed by atoms with Gasteiger partial charge in [0.1, 0.15) is 5.82 Å². The normalized spacial score (nSPS) is 24.0. The molecule has 2 atom stereocenters. The minimum atomic E-state index is -3.85. The Labute approximate surface area is 131 Å². The Morgan fingerprint density at radius 2 is 2.10 bits per heavy atom. The molecule has 2 N–H and O–H groups in total. The van der Waals surface area contributed by atoms with E-state index in [4.69, 9.17) is 5.73 Å². The van der Waals surface area contributed by atoms with Crippen molar-refractivity contribution in [1.29, 1.82) is 0 Å². The fraction of sp³-hybridized carbons (Fsp3) is 0.462. The van der Waals surface area contributed by atoms with Crippen LogP contribution >= 0.6 is 15.9 Å². The number of piperidine rings is 1. The number of amides is 1. The number of benzene rings is 1. The number of rotatable bonds is 3. The van der Waals surface area contributed by atoms with Gasteiger partial charge in [0, 0.05) is 12.6 Å². The molecule has 2 rings (SSSR count). The molecule has 1 aromatic carbocycles. The second kappa shape index (κ2) is 6.02. The van der Waals surface area contributed by atoms with E-state index in [2.05, 4.69) is 15.9 Å². The SMILES string of the molecule is CC1CCC(C(N)=O)CN1S(=O)(=O)c1ccc(Br)c(F)c1. The number of primary amides is 1. The van der Waals surface area contributed by atoms with Crippen LogP contribution in [0.1, 0.15) is 19.8 Å². The number of carbonyl (C=O) groups is 1. The first kappa shape index (κ1) is 16.4. The van der Waals surface area contributed by atoms with E-state index in [0.29, 0.717) is 12.8 Å². The maximum absolute atomic E-state index is 13.6. The van der Waals surface area contributed by atoms with E-state index in [1.165, 1.54) is 16.4 Å². The van der Waals surface area contributed by atoms with Crippen LogP contribution in [0.4, 0.5) is 4.39 Å². The standard InChI is InChI=1S/C13H16BrFN2O3S/c1-8-2-3-9(13(16)18)7-17(8)21(19,20)10-4-5-11(14)12(15)6-10/h4-6,8-9H,2-3,7H2,1H3,(H2,16,18). The summed E-state index contributed by atoms with van der Waals surface area (Å²) in [6.07, 6.45) is 1.11. The monoisotopic (exact) mass is 378 g/mol. The molecule has 1 fully saturated rings. The molecule has 2 unspecified atom stereocenters. The van der Waals surface area contributed by atoms with Crippen LogP contribution < -0.4 is 5.73 Å². The van der Waals surface area contributed by atoms with Gasteiger partial charge in [-0.05, 0) is 53.9 Å². The van der Waals surface area contributed by atoms with Gasteiger partial charge in [0.15, 0.2) is 0 Å². The van der Waals surface area contributed by atoms with E-state index < -0.39 is 27.7 Å². The Kier molecular flexibility index (Phi) is 4.69. The van der Waals surface area contributed by atoms with Crippen molar-refractivity contribution in [3.63, 3.8) is 0 Å². The first-order valence-corrected chi connectivity index (χ1v) is 8.73. The molecule has 0 radical (unpaired) electrons. The van der Waals surface area contributed by atoms with Gasteiger partial charge >= 0.3 is 0 Å². The van der Waals surface area contributed by atoms with Gasteiger partial charge in [-0.25, -0.2) is 12.8 Å². The van der Waals surface area contributed by atoms with Crippen molar-refractivity contribution in [3.8, 4) is 0 Å². The zero-order chi connectivity index (χ0) is 15.8. The summed E-state index contributed by atoms with van der Waals surface area (Å²) in [4.78, 5) is 11.2. The average molecular weight is 379 g/mol. The Morgan fingerprint density at radius 1 is 1.43 bits per heavy atom. The van der Waals surface area contributed by atoms with Crippen LogP contribution in [0.2, 0.25) is 0 Å². The molecule has 0 aromatic heterocycles. The summed E-state index contributed by atoms with van der Waals surface area (Å²) in [7, 11) is -3.85. The van der Waals surface area contributed by atoms with Crippen molar-refractivity contribution in [2.75, 3.05) is 6.54 Å². The van der Waals surface area contributed by atoms with E-state index in [1.807, 2.05) is 0 Å². The lowest BCUT2D eigenvalue weighted by Gasteiger charge is -2.35.